The lowest BCUT2D eigenvalue weighted by molar-refractivity contribution is -0.0628. The van der Waals surface area contributed by atoms with Crippen LogP contribution in [0.15, 0.2) is 72.8 Å². The molecule has 3 aliphatic rings. The van der Waals surface area contributed by atoms with Gasteiger partial charge in [0.1, 0.15) is 5.75 Å². The number of carbonyl (C=O) groups is 1. The van der Waals surface area contributed by atoms with E-state index >= 15 is 0 Å². The van der Waals surface area contributed by atoms with Crippen molar-refractivity contribution < 1.29 is 14.6 Å². The van der Waals surface area contributed by atoms with Crippen molar-refractivity contribution in [3.8, 4) is 5.75 Å². The Morgan fingerprint density at radius 1 is 0.929 bits per heavy atom. The summed E-state index contributed by atoms with van der Waals surface area (Å²) >= 11 is 0. The highest BCUT2D eigenvalue weighted by molar-refractivity contribution is 5.88. The van der Waals surface area contributed by atoms with Gasteiger partial charge < -0.3 is 14.7 Å². The summed E-state index contributed by atoms with van der Waals surface area (Å²) < 4.78 is 5.37. The SMILES string of the molecule is COc1ccc(CN2CCN(C3CC4(CCN(c5ccc(C(=O)O)cc5)CC4)C3)C(c3ccccc3C(C)C)C2)cc1. The molecule has 3 aromatic carbocycles. The molecule has 2 heterocycles. The van der Waals surface area contributed by atoms with Crippen LogP contribution in [0.3, 0.4) is 0 Å². The molecule has 1 unspecified atom stereocenters. The topological polar surface area (TPSA) is 56.2 Å². The van der Waals surface area contributed by atoms with E-state index in [1.54, 1.807) is 19.2 Å². The molecule has 222 valence electrons. The second kappa shape index (κ2) is 12.1. The van der Waals surface area contributed by atoms with E-state index in [9.17, 15) is 9.90 Å². The summed E-state index contributed by atoms with van der Waals surface area (Å²) in [5.74, 6) is 0.547. The maximum atomic E-state index is 11.2. The number of carboxylic acid groups (broad SMARTS) is 1. The van der Waals surface area contributed by atoms with E-state index in [-0.39, 0.29) is 0 Å². The molecule has 6 heteroatoms. The molecule has 1 atom stereocenters. The van der Waals surface area contributed by atoms with Gasteiger partial charge in [0.05, 0.1) is 12.7 Å². The van der Waals surface area contributed by atoms with Crippen LogP contribution in [0, 0.1) is 5.41 Å². The lowest BCUT2D eigenvalue weighted by Gasteiger charge is -2.58. The van der Waals surface area contributed by atoms with E-state index in [4.69, 9.17) is 4.74 Å². The highest BCUT2D eigenvalue weighted by atomic mass is 16.5. The van der Waals surface area contributed by atoms with Gasteiger partial charge in [-0.2, -0.15) is 0 Å². The molecule has 3 aromatic rings. The van der Waals surface area contributed by atoms with Crippen molar-refractivity contribution in [3.63, 3.8) is 0 Å². The quantitative estimate of drug-likeness (QED) is 0.322. The second-order valence-electron chi connectivity index (χ2n) is 13.0. The van der Waals surface area contributed by atoms with Crippen molar-refractivity contribution in [3.05, 3.63) is 95.1 Å². The van der Waals surface area contributed by atoms with E-state index in [1.165, 1.54) is 42.4 Å². The van der Waals surface area contributed by atoms with Crippen LogP contribution in [0.4, 0.5) is 5.69 Å². The molecule has 1 saturated carbocycles. The fourth-order valence-electron chi connectivity index (χ4n) is 7.68. The lowest BCUT2D eigenvalue weighted by Crippen LogP contribution is -2.60. The van der Waals surface area contributed by atoms with Crippen molar-refractivity contribution in [2.75, 3.05) is 44.7 Å². The summed E-state index contributed by atoms with van der Waals surface area (Å²) in [6.45, 7) is 11.0. The van der Waals surface area contributed by atoms with Crippen LogP contribution < -0.4 is 9.64 Å². The number of piperidine rings is 1. The molecule has 2 saturated heterocycles. The van der Waals surface area contributed by atoms with E-state index in [2.05, 4.69) is 77.1 Å². The summed E-state index contributed by atoms with van der Waals surface area (Å²) in [5.41, 5.74) is 6.27. The van der Waals surface area contributed by atoms with Crippen LogP contribution in [0.2, 0.25) is 0 Å². The molecule has 1 N–H and O–H groups in total. The van der Waals surface area contributed by atoms with E-state index < -0.39 is 5.97 Å². The van der Waals surface area contributed by atoms with Crippen molar-refractivity contribution in [1.29, 1.82) is 0 Å². The Labute approximate surface area is 250 Å². The molecule has 1 aliphatic carbocycles. The monoisotopic (exact) mass is 567 g/mol. The van der Waals surface area contributed by atoms with Gasteiger partial charge in [-0.15, -0.1) is 0 Å². The molecule has 6 rings (SSSR count). The lowest BCUT2D eigenvalue weighted by atomic mass is 9.59. The van der Waals surface area contributed by atoms with Crippen LogP contribution in [0.5, 0.6) is 5.75 Å². The largest absolute Gasteiger partial charge is 0.497 e. The molecular formula is C36H45N3O3. The summed E-state index contributed by atoms with van der Waals surface area (Å²) in [6, 6.07) is 26.1. The summed E-state index contributed by atoms with van der Waals surface area (Å²) in [4.78, 5) is 19.2. The minimum atomic E-state index is -0.865. The van der Waals surface area contributed by atoms with E-state index in [0.717, 1.165) is 50.7 Å². The van der Waals surface area contributed by atoms with Crippen LogP contribution in [0.25, 0.3) is 0 Å². The first kappa shape index (κ1) is 28.8. The Morgan fingerprint density at radius 2 is 1.62 bits per heavy atom. The summed E-state index contributed by atoms with van der Waals surface area (Å²) in [7, 11) is 1.72. The zero-order valence-electron chi connectivity index (χ0n) is 25.3. The van der Waals surface area contributed by atoms with Gasteiger partial charge in [0.15, 0.2) is 0 Å². The average molecular weight is 568 g/mol. The van der Waals surface area contributed by atoms with Gasteiger partial charge in [-0.25, -0.2) is 4.79 Å². The first-order chi connectivity index (χ1) is 20.3. The predicted molar refractivity (Wildman–Crippen MR) is 169 cm³/mol. The zero-order valence-corrected chi connectivity index (χ0v) is 25.3. The number of hydrogen-bond acceptors (Lipinski definition) is 5. The fraction of sp³-hybridized carbons (Fsp3) is 0.472. The fourth-order valence-corrected chi connectivity index (χ4v) is 7.68. The molecule has 0 bridgehead atoms. The highest BCUT2D eigenvalue weighted by Gasteiger charge is 2.50. The van der Waals surface area contributed by atoms with Crippen molar-refractivity contribution >= 4 is 11.7 Å². The third kappa shape index (κ3) is 5.93. The Balaban J connectivity index is 1.13. The maximum absolute atomic E-state index is 11.2. The van der Waals surface area contributed by atoms with Gasteiger partial charge in [-0.05, 0) is 90.1 Å². The second-order valence-corrected chi connectivity index (χ2v) is 13.0. The molecule has 0 radical (unpaired) electrons. The maximum Gasteiger partial charge on any atom is 0.335 e. The molecule has 0 amide bonds. The number of rotatable bonds is 8. The van der Waals surface area contributed by atoms with Crippen molar-refractivity contribution in [2.24, 2.45) is 5.41 Å². The molecular weight excluding hydrogens is 522 g/mol. The summed E-state index contributed by atoms with van der Waals surface area (Å²) in [5, 5.41) is 9.23. The zero-order chi connectivity index (χ0) is 29.3. The molecule has 0 aromatic heterocycles. The highest BCUT2D eigenvalue weighted by Crippen LogP contribution is 2.53. The number of carboxylic acids is 1. The molecule has 6 nitrogen and oxygen atoms in total. The standard InChI is InChI=1S/C36H45N3O3/c1-26(2)32-6-4-5-7-33(32)34-25-37(24-27-8-14-31(42-3)15-9-27)20-21-39(34)30-22-36(23-30)16-18-38(19-17-36)29-12-10-28(11-13-29)35(40)41/h4-15,26,30,34H,16-25H2,1-3H3,(H,40,41). The number of nitrogens with zero attached hydrogens (tertiary/aromatic N) is 3. The van der Waals surface area contributed by atoms with Gasteiger partial charge in [0.2, 0.25) is 0 Å². The average Bonchev–Trinajstić information content (AvgIpc) is 3.00. The first-order valence-electron chi connectivity index (χ1n) is 15.6. The first-order valence-corrected chi connectivity index (χ1v) is 15.6. The smallest absolute Gasteiger partial charge is 0.335 e. The van der Waals surface area contributed by atoms with Crippen LogP contribution >= 0.6 is 0 Å². The third-order valence-corrected chi connectivity index (χ3v) is 10.2. The van der Waals surface area contributed by atoms with Crippen LogP contribution in [-0.4, -0.2) is 66.8 Å². The Bertz CT molecular complexity index is 1350. The Kier molecular flexibility index (Phi) is 8.28. The van der Waals surface area contributed by atoms with Crippen LogP contribution in [-0.2, 0) is 6.54 Å². The van der Waals surface area contributed by atoms with Gasteiger partial charge in [-0.3, -0.25) is 9.80 Å². The molecule has 2 aliphatic heterocycles. The van der Waals surface area contributed by atoms with Crippen LogP contribution in [0.1, 0.15) is 78.5 Å². The Morgan fingerprint density at radius 3 is 2.26 bits per heavy atom. The van der Waals surface area contributed by atoms with Gasteiger partial charge in [0.25, 0.3) is 0 Å². The van der Waals surface area contributed by atoms with Gasteiger partial charge in [-0.1, -0.05) is 50.2 Å². The number of ether oxygens (including phenoxy) is 1. The molecule has 42 heavy (non-hydrogen) atoms. The number of anilines is 1. The van der Waals surface area contributed by atoms with Gasteiger partial charge in [0, 0.05) is 57.0 Å². The van der Waals surface area contributed by atoms with E-state index in [0.29, 0.717) is 29.0 Å². The number of piperazine rings is 1. The minimum absolute atomic E-state index is 0.353. The Hall–Kier alpha value is -3.35. The minimum Gasteiger partial charge on any atom is -0.497 e. The molecule has 1 spiro atoms. The predicted octanol–water partition coefficient (Wildman–Crippen LogP) is 6.82. The number of methoxy groups -OCH3 is 1. The number of benzene rings is 3. The van der Waals surface area contributed by atoms with Crippen molar-refractivity contribution in [1.82, 2.24) is 9.80 Å². The summed E-state index contributed by atoms with van der Waals surface area (Å²) in [6.07, 6.45) is 5.01. The number of hydrogen-bond donors (Lipinski definition) is 1. The van der Waals surface area contributed by atoms with E-state index in [1.807, 2.05) is 12.1 Å². The molecule has 3 fully saturated rings. The third-order valence-electron chi connectivity index (χ3n) is 10.2. The van der Waals surface area contributed by atoms with Gasteiger partial charge >= 0.3 is 5.97 Å². The normalized spacial score (nSPS) is 21.4. The number of aromatic carboxylic acids is 1. The van der Waals surface area contributed by atoms with Crippen molar-refractivity contribution in [2.45, 2.75) is 64.1 Å².